The predicted molar refractivity (Wildman–Crippen MR) is 85.3 cm³/mol. The molecule has 22 heavy (non-hydrogen) atoms. The molecule has 0 aliphatic carbocycles. The average molecular weight is 306 g/mol. The number of nitrogens with one attached hydrogen (secondary N) is 1. The van der Waals surface area contributed by atoms with Crippen molar-refractivity contribution in [3.63, 3.8) is 0 Å². The van der Waals surface area contributed by atoms with Gasteiger partial charge in [0.15, 0.2) is 0 Å². The van der Waals surface area contributed by atoms with Gasteiger partial charge in [0.2, 0.25) is 5.91 Å². The first-order valence-electron chi connectivity index (χ1n) is 7.84. The van der Waals surface area contributed by atoms with Crippen LogP contribution in [0.25, 0.3) is 0 Å². The summed E-state index contributed by atoms with van der Waals surface area (Å²) in [4.78, 5) is 14.3. The standard InChI is InChI=1S/C17H26N2O3/c1-13-9-16(20)7-8-19(13)11-17(21)18-10-14-5-3-4-6-15(14)12-22-2/h3-6,13,16,20H,7-12H2,1-2H3,(H,18,21). The summed E-state index contributed by atoms with van der Waals surface area (Å²) in [5, 5.41) is 12.6. The Hall–Kier alpha value is -1.43. The third kappa shape index (κ3) is 4.80. The van der Waals surface area contributed by atoms with Crippen molar-refractivity contribution in [3.8, 4) is 0 Å². The lowest BCUT2D eigenvalue weighted by molar-refractivity contribution is -0.123. The molecule has 0 aromatic heterocycles. The summed E-state index contributed by atoms with van der Waals surface area (Å²) >= 11 is 0. The largest absolute Gasteiger partial charge is 0.393 e. The van der Waals surface area contributed by atoms with Gasteiger partial charge in [0.25, 0.3) is 0 Å². The minimum Gasteiger partial charge on any atom is -0.393 e. The maximum absolute atomic E-state index is 12.1. The molecule has 0 radical (unpaired) electrons. The van der Waals surface area contributed by atoms with Crippen LogP contribution in [0.4, 0.5) is 0 Å². The van der Waals surface area contributed by atoms with Gasteiger partial charge in [0, 0.05) is 26.2 Å². The van der Waals surface area contributed by atoms with Crippen LogP contribution in [0.15, 0.2) is 24.3 Å². The topological polar surface area (TPSA) is 61.8 Å². The van der Waals surface area contributed by atoms with Gasteiger partial charge in [-0.1, -0.05) is 24.3 Å². The van der Waals surface area contributed by atoms with Gasteiger partial charge in [-0.05, 0) is 30.9 Å². The molecule has 1 fully saturated rings. The number of aliphatic hydroxyl groups excluding tert-OH is 1. The van der Waals surface area contributed by atoms with Gasteiger partial charge in [0.1, 0.15) is 0 Å². The van der Waals surface area contributed by atoms with Crippen molar-refractivity contribution in [1.82, 2.24) is 10.2 Å². The number of amides is 1. The van der Waals surface area contributed by atoms with Crippen LogP contribution in [0.1, 0.15) is 30.9 Å². The van der Waals surface area contributed by atoms with Gasteiger partial charge >= 0.3 is 0 Å². The number of ether oxygens (including phenoxy) is 1. The second kappa shape index (κ2) is 8.27. The summed E-state index contributed by atoms with van der Waals surface area (Å²) in [6.45, 7) is 4.29. The number of carbonyl (C=O) groups is 1. The van der Waals surface area contributed by atoms with Gasteiger partial charge in [-0.3, -0.25) is 9.69 Å². The second-order valence-electron chi connectivity index (χ2n) is 5.98. The Kier molecular flexibility index (Phi) is 6.36. The molecule has 1 heterocycles. The van der Waals surface area contributed by atoms with Crippen LogP contribution in [0, 0.1) is 0 Å². The molecular formula is C17H26N2O3. The van der Waals surface area contributed by atoms with Crippen LogP contribution < -0.4 is 5.32 Å². The van der Waals surface area contributed by atoms with Crippen molar-refractivity contribution < 1.29 is 14.6 Å². The number of hydrogen-bond acceptors (Lipinski definition) is 4. The Labute approximate surface area is 132 Å². The van der Waals surface area contributed by atoms with Gasteiger partial charge < -0.3 is 15.2 Å². The highest BCUT2D eigenvalue weighted by Crippen LogP contribution is 2.16. The molecule has 5 nitrogen and oxygen atoms in total. The summed E-state index contributed by atoms with van der Waals surface area (Å²) in [5.74, 6) is 0.0236. The summed E-state index contributed by atoms with van der Waals surface area (Å²) < 4.78 is 5.18. The molecule has 122 valence electrons. The molecule has 2 unspecified atom stereocenters. The van der Waals surface area contributed by atoms with Gasteiger partial charge in [-0.15, -0.1) is 0 Å². The predicted octanol–water partition coefficient (Wildman–Crippen LogP) is 1.29. The number of benzene rings is 1. The molecule has 2 rings (SSSR count). The number of nitrogens with zero attached hydrogens (tertiary/aromatic N) is 1. The Morgan fingerprint density at radius 3 is 2.82 bits per heavy atom. The zero-order valence-corrected chi connectivity index (χ0v) is 13.4. The fourth-order valence-corrected chi connectivity index (χ4v) is 2.89. The SMILES string of the molecule is COCc1ccccc1CNC(=O)CN1CCC(O)CC1C. The molecule has 1 aliphatic heterocycles. The Bertz CT molecular complexity index is 493. The van der Waals surface area contributed by atoms with E-state index >= 15 is 0 Å². The average Bonchev–Trinajstić information content (AvgIpc) is 2.49. The van der Waals surface area contributed by atoms with Crippen LogP contribution >= 0.6 is 0 Å². The van der Waals surface area contributed by atoms with Crippen molar-refractivity contribution in [2.24, 2.45) is 0 Å². The number of methoxy groups -OCH3 is 1. The van der Waals surface area contributed by atoms with E-state index in [4.69, 9.17) is 4.74 Å². The maximum atomic E-state index is 12.1. The van der Waals surface area contributed by atoms with Crippen LogP contribution in [-0.4, -0.2) is 48.3 Å². The van der Waals surface area contributed by atoms with E-state index in [0.29, 0.717) is 19.7 Å². The molecule has 1 aromatic rings. The number of carbonyl (C=O) groups excluding carboxylic acids is 1. The summed E-state index contributed by atoms with van der Waals surface area (Å²) in [5.41, 5.74) is 2.18. The summed E-state index contributed by atoms with van der Waals surface area (Å²) in [6, 6.07) is 8.21. The Morgan fingerprint density at radius 2 is 2.14 bits per heavy atom. The monoisotopic (exact) mass is 306 g/mol. The van der Waals surface area contributed by atoms with E-state index in [0.717, 1.165) is 30.5 Å². The lowest BCUT2D eigenvalue weighted by atomic mass is 10.0. The van der Waals surface area contributed by atoms with E-state index in [1.165, 1.54) is 0 Å². The number of piperidine rings is 1. The van der Waals surface area contributed by atoms with Crippen LogP contribution in [0.2, 0.25) is 0 Å². The molecule has 1 aromatic carbocycles. The fourth-order valence-electron chi connectivity index (χ4n) is 2.89. The molecule has 2 N–H and O–H groups in total. The van der Waals surface area contributed by atoms with Gasteiger partial charge in [-0.2, -0.15) is 0 Å². The zero-order valence-electron chi connectivity index (χ0n) is 13.4. The van der Waals surface area contributed by atoms with E-state index < -0.39 is 0 Å². The van der Waals surface area contributed by atoms with Crippen molar-refractivity contribution >= 4 is 5.91 Å². The van der Waals surface area contributed by atoms with Crippen LogP contribution in [-0.2, 0) is 22.7 Å². The van der Waals surface area contributed by atoms with E-state index in [9.17, 15) is 9.90 Å². The fraction of sp³-hybridized carbons (Fsp3) is 0.588. The van der Waals surface area contributed by atoms with Crippen molar-refractivity contribution in [2.75, 3.05) is 20.2 Å². The number of hydrogen-bond donors (Lipinski definition) is 2. The second-order valence-corrected chi connectivity index (χ2v) is 5.98. The Morgan fingerprint density at radius 1 is 1.41 bits per heavy atom. The highest BCUT2D eigenvalue weighted by Gasteiger charge is 2.25. The highest BCUT2D eigenvalue weighted by atomic mass is 16.5. The van der Waals surface area contributed by atoms with Gasteiger partial charge in [-0.25, -0.2) is 0 Å². The van der Waals surface area contributed by atoms with E-state index in [1.54, 1.807) is 7.11 Å². The highest BCUT2D eigenvalue weighted by molar-refractivity contribution is 5.78. The summed E-state index contributed by atoms with van der Waals surface area (Å²) in [7, 11) is 1.67. The Balaban J connectivity index is 1.83. The quantitative estimate of drug-likeness (QED) is 0.831. The molecule has 0 bridgehead atoms. The molecule has 0 saturated carbocycles. The van der Waals surface area contributed by atoms with Gasteiger partial charge in [0.05, 0.1) is 19.3 Å². The maximum Gasteiger partial charge on any atom is 0.234 e. The minimum absolute atomic E-state index is 0.0236. The normalized spacial score (nSPS) is 22.5. The zero-order chi connectivity index (χ0) is 15.9. The first kappa shape index (κ1) is 16.9. The molecular weight excluding hydrogens is 280 g/mol. The summed E-state index contributed by atoms with van der Waals surface area (Å²) in [6.07, 6.45) is 1.26. The minimum atomic E-state index is -0.227. The van der Waals surface area contributed by atoms with Crippen LogP contribution in [0.5, 0.6) is 0 Å². The van der Waals surface area contributed by atoms with Crippen molar-refractivity contribution in [1.29, 1.82) is 0 Å². The van der Waals surface area contributed by atoms with E-state index in [-0.39, 0.29) is 18.1 Å². The molecule has 1 saturated heterocycles. The molecule has 1 amide bonds. The van der Waals surface area contributed by atoms with Crippen LogP contribution in [0.3, 0.4) is 0 Å². The number of likely N-dealkylation sites (tertiary alicyclic amines) is 1. The third-order valence-corrected chi connectivity index (χ3v) is 4.23. The lowest BCUT2D eigenvalue weighted by Crippen LogP contribution is -2.47. The van der Waals surface area contributed by atoms with E-state index in [1.807, 2.05) is 24.3 Å². The van der Waals surface area contributed by atoms with E-state index in [2.05, 4.69) is 17.1 Å². The molecule has 0 spiro atoms. The molecule has 1 aliphatic rings. The lowest BCUT2D eigenvalue weighted by Gasteiger charge is -2.35. The van der Waals surface area contributed by atoms with Crippen molar-refractivity contribution in [3.05, 3.63) is 35.4 Å². The third-order valence-electron chi connectivity index (χ3n) is 4.23. The molecule has 5 heteroatoms. The number of rotatable bonds is 6. The smallest absolute Gasteiger partial charge is 0.234 e. The molecule has 2 atom stereocenters. The van der Waals surface area contributed by atoms with Crippen molar-refractivity contribution in [2.45, 2.75) is 45.1 Å². The number of aliphatic hydroxyl groups is 1. The first-order valence-corrected chi connectivity index (χ1v) is 7.84. The first-order chi connectivity index (χ1) is 10.6.